The standard InChI is InChI=1S/C14H16F3N3/c1-3-4-5-20-8-9(2)18-14(20)19-12-7-10(15)6-11(16)13(12)17/h6-8H,3-5H2,1-2H3,(H,18,19). The monoisotopic (exact) mass is 283 g/mol. The number of aryl methyl sites for hydroxylation is 2. The minimum atomic E-state index is -1.23. The molecule has 0 atom stereocenters. The number of anilines is 2. The minimum Gasteiger partial charge on any atom is -0.323 e. The number of imidazole rings is 1. The molecule has 0 aliphatic rings. The van der Waals surface area contributed by atoms with Gasteiger partial charge in [-0.1, -0.05) is 13.3 Å². The molecule has 1 aromatic heterocycles. The quantitative estimate of drug-likeness (QED) is 0.835. The molecule has 0 fully saturated rings. The highest BCUT2D eigenvalue weighted by molar-refractivity contribution is 5.55. The Balaban J connectivity index is 2.30. The normalized spacial score (nSPS) is 10.8. The lowest BCUT2D eigenvalue weighted by atomic mass is 10.3. The summed E-state index contributed by atoms with van der Waals surface area (Å²) < 4.78 is 41.7. The molecule has 3 nitrogen and oxygen atoms in total. The van der Waals surface area contributed by atoms with Crippen molar-refractivity contribution in [3.05, 3.63) is 41.5 Å². The SMILES string of the molecule is CCCCn1cc(C)nc1Nc1cc(F)cc(F)c1F. The first-order valence-corrected chi connectivity index (χ1v) is 6.46. The fraction of sp³-hybridized carbons (Fsp3) is 0.357. The maximum atomic E-state index is 13.6. The second-order valence-electron chi connectivity index (χ2n) is 4.63. The largest absolute Gasteiger partial charge is 0.323 e. The van der Waals surface area contributed by atoms with Crippen molar-refractivity contribution in [3.8, 4) is 0 Å². The summed E-state index contributed by atoms with van der Waals surface area (Å²) in [5.74, 6) is -2.81. The Hall–Kier alpha value is -1.98. The molecule has 1 heterocycles. The van der Waals surface area contributed by atoms with Crippen LogP contribution in [0.25, 0.3) is 0 Å². The van der Waals surface area contributed by atoms with Gasteiger partial charge in [-0.25, -0.2) is 18.2 Å². The fourth-order valence-electron chi connectivity index (χ4n) is 1.91. The van der Waals surface area contributed by atoms with Gasteiger partial charge in [0.15, 0.2) is 11.6 Å². The second-order valence-corrected chi connectivity index (χ2v) is 4.63. The highest BCUT2D eigenvalue weighted by Crippen LogP contribution is 2.23. The molecule has 20 heavy (non-hydrogen) atoms. The van der Waals surface area contributed by atoms with E-state index < -0.39 is 17.5 Å². The van der Waals surface area contributed by atoms with Crippen LogP contribution in [-0.4, -0.2) is 9.55 Å². The van der Waals surface area contributed by atoms with Crippen molar-refractivity contribution in [1.82, 2.24) is 9.55 Å². The molecular formula is C14H16F3N3. The maximum Gasteiger partial charge on any atom is 0.207 e. The van der Waals surface area contributed by atoms with E-state index in [1.54, 1.807) is 11.5 Å². The molecule has 0 saturated heterocycles. The van der Waals surface area contributed by atoms with E-state index in [1.165, 1.54) is 0 Å². The Morgan fingerprint density at radius 3 is 2.70 bits per heavy atom. The van der Waals surface area contributed by atoms with Crippen LogP contribution in [0.1, 0.15) is 25.5 Å². The highest BCUT2D eigenvalue weighted by atomic mass is 19.2. The van der Waals surface area contributed by atoms with Gasteiger partial charge in [0.1, 0.15) is 5.82 Å². The van der Waals surface area contributed by atoms with Crippen molar-refractivity contribution < 1.29 is 13.2 Å². The lowest BCUT2D eigenvalue weighted by Gasteiger charge is -2.10. The van der Waals surface area contributed by atoms with E-state index in [9.17, 15) is 13.2 Å². The molecule has 0 unspecified atom stereocenters. The third-order valence-electron chi connectivity index (χ3n) is 2.89. The molecule has 1 aromatic carbocycles. The Morgan fingerprint density at radius 1 is 1.25 bits per heavy atom. The summed E-state index contributed by atoms with van der Waals surface area (Å²) in [4.78, 5) is 4.20. The van der Waals surface area contributed by atoms with Crippen LogP contribution in [0.5, 0.6) is 0 Å². The van der Waals surface area contributed by atoms with Gasteiger partial charge in [-0.2, -0.15) is 0 Å². The van der Waals surface area contributed by atoms with Crippen LogP contribution in [-0.2, 0) is 6.54 Å². The van der Waals surface area contributed by atoms with Gasteiger partial charge in [0.05, 0.1) is 11.4 Å². The van der Waals surface area contributed by atoms with Crippen LogP contribution in [0.15, 0.2) is 18.3 Å². The van der Waals surface area contributed by atoms with Gasteiger partial charge in [0, 0.05) is 24.9 Å². The van der Waals surface area contributed by atoms with Gasteiger partial charge in [-0.15, -0.1) is 0 Å². The third kappa shape index (κ3) is 3.12. The molecule has 0 amide bonds. The molecule has 6 heteroatoms. The zero-order valence-electron chi connectivity index (χ0n) is 11.4. The van der Waals surface area contributed by atoms with Crippen molar-refractivity contribution in [3.63, 3.8) is 0 Å². The first-order valence-electron chi connectivity index (χ1n) is 6.46. The van der Waals surface area contributed by atoms with Crippen LogP contribution in [0.3, 0.4) is 0 Å². The average molecular weight is 283 g/mol. The Labute approximate surface area is 115 Å². The van der Waals surface area contributed by atoms with E-state index in [4.69, 9.17) is 0 Å². The molecule has 2 aromatic rings. The molecule has 0 bridgehead atoms. The van der Waals surface area contributed by atoms with Gasteiger partial charge in [0.2, 0.25) is 5.95 Å². The summed E-state index contributed by atoms with van der Waals surface area (Å²) in [6.07, 6.45) is 3.75. The number of nitrogens with zero attached hydrogens (tertiary/aromatic N) is 2. The van der Waals surface area contributed by atoms with Gasteiger partial charge in [0.25, 0.3) is 0 Å². The first kappa shape index (κ1) is 14.4. The van der Waals surface area contributed by atoms with E-state index in [0.29, 0.717) is 18.6 Å². The number of nitrogens with one attached hydrogen (secondary N) is 1. The molecule has 0 saturated carbocycles. The summed E-state index contributed by atoms with van der Waals surface area (Å²) in [5, 5.41) is 2.65. The first-order chi connectivity index (χ1) is 9.51. The number of hydrogen-bond acceptors (Lipinski definition) is 2. The summed E-state index contributed by atoms with van der Waals surface area (Å²) in [5.41, 5.74) is 0.492. The van der Waals surface area contributed by atoms with Gasteiger partial charge in [-0.3, -0.25) is 0 Å². The fourth-order valence-corrected chi connectivity index (χ4v) is 1.91. The molecular weight excluding hydrogens is 267 g/mol. The number of hydrogen-bond donors (Lipinski definition) is 1. The zero-order chi connectivity index (χ0) is 14.7. The summed E-state index contributed by atoms with van der Waals surface area (Å²) in [6.45, 7) is 4.56. The summed E-state index contributed by atoms with van der Waals surface area (Å²) in [6, 6.07) is 1.42. The van der Waals surface area contributed by atoms with Crippen LogP contribution < -0.4 is 5.32 Å². The number of aromatic nitrogens is 2. The highest BCUT2D eigenvalue weighted by Gasteiger charge is 2.13. The lowest BCUT2D eigenvalue weighted by Crippen LogP contribution is -2.05. The summed E-state index contributed by atoms with van der Waals surface area (Å²) >= 11 is 0. The average Bonchev–Trinajstić information content (AvgIpc) is 2.73. The minimum absolute atomic E-state index is 0.258. The Bertz CT molecular complexity index is 608. The molecule has 108 valence electrons. The van der Waals surface area contributed by atoms with Crippen LogP contribution >= 0.6 is 0 Å². The summed E-state index contributed by atoms with van der Waals surface area (Å²) in [7, 11) is 0. The van der Waals surface area contributed by atoms with Crippen LogP contribution in [0.4, 0.5) is 24.8 Å². The van der Waals surface area contributed by atoms with Gasteiger partial charge >= 0.3 is 0 Å². The predicted octanol–water partition coefficient (Wildman–Crippen LogP) is 4.15. The number of rotatable bonds is 5. The van der Waals surface area contributed by atoms with E-state index in [1.807, 2.05) is 6.20 Å². The molecule has 2 rings (SSSR count). The topological polar surface area (TPSA) is 29.9 Å². The van der Waals surface area contributed by atoms with Crippen LogP contribution in [0, 0.1) is 24.4 Å². The second kappa shape index (κ2) is 5.98. The zero-order valence-corrected chi connectivity index (χ0v) is 11.4. The van der Waals surface area contributed by atoms with E-state index >= 15 is 0 Å². The Morgan fingerprint density at radius 2 is 2.00 bits per heavy atom. The van der Waals surface area contributed by atoms with Crippen molar-refractivity contribution in [2.75, 3.05) is 5.32 Å². The molecule has 0 radical (unpaired) electrons. The van der Waals surface area contributed by atoms with E-state index in [2.05, 4.69) is 17.2 Å². The Kier molecular flexibility index (Phi) is 4.32. The molecule has 1 N–H and O–H groups in total. The van der Waals surface area contributed by atoms with Gasteiger partial charge in [-0.05, 0) is 13.3 Å². The predicted molar refractivity (Wildman–Crippen MR) is 71.5 cm³/mol. The number of benzene rings is 1. The number of unbranched alkanes of at least 4 members (excludes halogenated alkanes) is 1. The maximum absolute atomic E-state index is 13.6. The lowest BCUT2D eigenvalue weighted by molar-refractivity contribution is 0.498. The van der Waals surface area contributed by atoms with Crippen LogP contribution in [0.2, 0.25) is 0 Å². The molecule has 0 spiro atoms. The van der Waals surface area contributed by atoms with Crippen molar-refractivity contribution in [1.29, 1.82) is 0 Å². The number of halogens is 3. The smallest absolute Gasteiger partial charge is 0.207 e. The van der Waals surface area contributed by atoms with Crippen molar-refractivity contribution >= 4 is 11.6 Å². The third-order valence-corrected chi connectivity index (χ3v) is 2.89. The van der Waals surface area contributed by atoms with Crippen molar-refractivity contribution in [2.24, 2.45) is 0 Å². The van der Waals surface area contributed by atoms with Crippen molar-refractivity contribution in [2.45, 2.75) is 33.2 Å². The molecule has 0 aliphatic heterocycles. The molecule has 0 aliphatic carbocycles. The van der Waals surface area contributed by atoms with E-state index in [0.717, 1.165) is 24.6 Å². The van der Waals surface area contributed by atoms with Gasteiger partial charge < -0.3 is 9.88 Å². The van der Waals surface area contributed by atoms with E-state index in [-0.39, 0.29) is 5.69 Å².